The number of urea groups is 1. The average molecular weight is 308 g/mol. The standard InChI is InChI=1S/C15H20N2O5/c1-15(11-9-10(21-2)5-6-12(11)22-3)13(19)17(7-4-8-18)14(20)16-15/h5-6,9,18H,4,7-8H2,1-3H3,(H,16,20). The highest BCUT2D eigenvalue weighted by Gasteiger charge is 2.50. The van der Waals surface area contributed by atoms with Gasteiger partial charge >= 0.3 is 6.03 Å². The molecule has 0 bridgehead atoms. The first-order chi connectivity index (χ1) is 10.5. The number of aliphatic hydroxyl groups excluding tert-OH is 1. The lowest BCUT2D eigenvalue weighted by atomic mass is 9.91. The van der Waals surface area contributed by atoms with Crippen LogP contribution in [0.3, 0.4) is 0 Å². The third-order valence-corrected chi connectivity index (χ3v) is 3.76. The second-order valence-corrected chi connectivity index (χ2v) is 5.16. The number of ether oxygens (including phenoxy) is 2. The molecule has 1 heterocycles. The van der Waals surface area contributed by atoms with Crippen molar-refractivity contribution in [3.63, 3.8) is 0 Å². The van der Waals surface area contributed by atoms with E-state index >= 15 is 0 Å². The molecule has 1 aliphatic heterocycles. The molecule has 2 rings (SSSR count). The van der Waals surface area contributed by atoms with E-state index in [4.69, 9.17) is 14.6 Å². The van der Waals surface area contributed by atoms with Gasteiger partial charge in [-0.15, -0.1) is 0 Å². The number of hydrogen-bond acceptors (Lipinski definition) is 5. The minimum atomic E-state index is -1.23. The largest absolute Gasteiger partial charge is 0.497 e. The smallest absolute Gasteiger partial charge is 0.325 e. The lowest BCUT2D eigenvalue weighted by molar-refractivity contribution is -0.131. The molecule has 1 saturated heterocycles. The quantitative estimate of drug-likeness (QED) is 0.761. The molecule has 1 fully saturated rings. The molecule has 0 radical (unpaired) electrons. The first kappa shape index (κ1) is 16.1. The van der Waals surface area contributed by atoms with E-state index in [0.29, 0.717) is 23.5 Å². The minimum absolute atomic E-state index is 0.0870. The second-order valence-electron chi connectivity index (χ2n) is 5.16. The molecular weight excluding hydrogens is 288 g/mol. The average Bonchev–Trinajstić information content (AvgIpc) is 2.75. The van der Waals surface area contributed by atoms with Crippen molar-refractivity contribution in [1.29, 1.82) is 0 Å². The van der Waals surface area contributed by atoms with Gasteiger partial charge in [-0.25, -0.2) is 4.79 Å². The van der Waals surface area contributed by atoms with E-state index in [1.54, 1.807) is 25.1 Å². The first-order valence-corrected chi connectivity index (χ1v) is 6.95. The van der Waals surface area contributed by atoms with Crippen LogP contribution < -0.4 is 14.8 Å². The summed E-state index contributed by atoms with van der Waals surface area (Å²) in [6.07, 6.45) is 0.338. The summed E-state index contributed by atoms with van der Waals surface area (Å²) in [7, 11) is 3.02. The van der Waals surface area contributed by atoms with Crippen LogP contribution in [0.2, 0.25) is 0 Å². The summed E-state index contributed by atoms with van der Waals surface area (Å²) < 4.78 is 10.5. The van der Waals surface area contributed by atoms with Gasteiger partial charge in [-0.05, 0) is 31.5 Å². The number of nitrogens with one attached hydrogen (secondary N) is 1. The van der Waals surface area contributed by atoms with Crippen LogP contribution in [0.5, 0.6) is 11.5 Å². The van der Waals surface area contributed by atoms with Gasteiger partial charge in [0.05, 0.1) is 14.2 Å². The van der Waals surface area contributed by atoms with Crippen LogP contribution in [0.1, 0.15) is 18.9 Å². The normalized spacial score (nSPS) is 21.0. The topological polar surface area (TPSA) is 88.1 Å². The number of nitrogens with zero attached hydrogens (tertiary/aromatic N) is 1. The molecular formula is C15H20N2O5. The van der Waals surface area contributed by atoms with E-state index in [2.05, 4.69) is 5.32 Å². The number of carbonyl (C=O) groups excluding carboxylic acids is 2. The molecule has 1 aromatic rings. The Hall–Kier alpha value is -2.28. The maximum Gasteiger partial charge on any atom is 0.325 e. The van der Waals surface area contributed by atoms with E-state index in [1.807, 2.05) is 0 Å². The maximum atomic E-state index is 12.7. The maximum absolute atomic E-state index is 12.7. The van der Waals surface area contributed by atoms with Gasteiger partial charge in [0.1, 0.15) is 17.0 Å². The van der Waals surface area contributed by atoms with Crippen LogP contribution >= 0.6 is 0 Å². The van der Waals surface area contributed by atoms with Crippen LogP contribution in [0.25, 0.3) is 0 Å². The fourth-order valence-corrected chi connectivity index (χ4v) is 2.52. The Morgan fingerprint density at radius 2 is 2.00 bits per heavy atom. The van der Waals surface area contributed by atoms with Gasteiger partial charge in [0.25, 0.3) is 5.91 Å². The number of aliphatic hydroxyl groups is 1. The highest BCUT2D eigenvalue weighted by molar-refractivity contribution is 6.07. The molecule has 1 unspecified atom stereocenters. The van der Waals surface area contributed by atoms with Gasteiger partial charge in [-0.3, -0.25) is 9.69 Å². The van der Waals surface area contributed by atoms with Crippen molar-refractivity contribution >= 4 is 11.9 Å². The van der Waals surface area contributed by atoms with Crippen LogP contribution in [-0.2, 0) is 10.3 Å². The molecule has 2 N–H and O–H groups in total. The summed E-state index contributed by atoms with van der Waals surface area (Å²) in [4.78, 5) is 25.9. The highest BCUT2D eigenvalue weighted by Crippen LogP contribution is 2.37. The van der Waals surface area contributed by atoms with Crippen molar-refractivity contribution in [2.24, 2.45) is 0 Å². The molecule has 0 aliphatic carbocycles. The third-order valence-electron chi connectivity index (χ3n) is 3.76. The van der Waals surface area contributed by atoms with Crippen molar-refractivity contribution in [2.45, 2.75) is 18.9 Å². The summed E-state index contributed by atoms with van der Waals surface area (Å²) in [5, 5.41) is 11.6. The number of amides is 3. The Morgan fingerprint density at radius 1 is 1.27 bits per heavy atom. The fraction of sp³-hybridized carbons (Fsp3) is 0.467. The molecule has 1 aliphatic rings. The number of benzene rings is 1. The predicted octanol–water partition coefficient (Wildman–Crippen LogP) is 0.853. The molecule has 0 aromatic heterocycles. The van der Waals surface area contributed by atoms with Gasteiger partial charge in [-0.2, -0.15) is 0 Å². The zero-order valence-corrected chi connectivity index (χ0v) is 12.9. The second kappa shape index (κ2) is 6.23. The van der Waals surface area contributed by atoms with Crippen molar-refractivity contribution in [3.05, 3.63) is 23.8 Å². The van der Waals surface area contributed by atoms with E-state index in [9.17, 15) is 9.59 Å². The van der Waals surface area contributed by atoms with Crippen LogP contribution in [0, 0.1) is 0 Å². The van der Waals surface area contributed by atoms with E-state index in [0.717, 1.165) is 4.90 Å². The highest BCUT2D eigenvalue weighted by atomic mass is 16.5. The zero-order chi connectivity index (χ0) is 16.3. The zero-order valence-electron chi connectivity index (χ0n) is 12.9. The van der Waals surface area contributed by atoms with E-state index in [-0.39, 0.29) is 19.1 Å². The third kappa shape index (κ3) is 2.59. The van der Waals surface area contributed by atoms with Crippen molar-refractivity contribution in [3.8, 4) is 11.5 Å². The summed E-state index contributed by atoms with van der Waals surface area (Å²) >= 11 is 0. The van der Waals surface area contributed by atoms with E-state index < -0.39 is 11.6 Å². The SMILES string of the molecule is COc1ccc(OC)c(C2(C)NC(=O)N(CCCO)C2=O)c1. The van der Waals surface area contributed by atoms with Crippen LogP contribution in [0.15, 0.2) is 18.2 Å². The number of rotatable bonds is 6. The Bertz CT molecular complexity index is 589. The lowest BCUT2D eigenvalue weighted by Crippen LogP contribution is -2.41. The van der Waals surface area contributed by atoms with Crippen molar-refractivity contribution < 1.29 is 24.2 Å². The number of methoxy groups -OCH3 is 2. The molecule has 1 aromatic carbocycles. The fourth-order valence-electron chi connectivity index (χ4n) is 2.52. The summed E-state index contributed by atoms with van der Waals surface area (Å²) in [6.45, 7) is 1.71. The number of imide groups is 1. The lowest BCUT2D eigenvalue weighted by Gasteiger charge is -2.24. The van der Waals surface area contributed by atoms with Gasteiger partial charge in [0, 0.05) is 18.7 Å². The van der Waals surface area contributed by atoms with E-state index in [1.165, 1.54) is 14.2 Å². The van der Waals surface area contributed by atoms with Crippen LogP contribution in [-0.4, -0.2) is 49.3 Å². The molecule has 3 amide bonds. The Balaban J connectivity index is 2.42. The summed E-state index contributed by atoms with van der Waals surface area (Å²) in [6, 6.07) is 4.60. The number of hydrogen-bond donors (Lipinski definition) is 2. The van der Waals surface area contributed by atoms with Gasteiger partial charge in [0.15, 0.2) is 0 Å². The summed E-state index contributed by atoms with van der Waals surface area (Å²) in [5.74, 6) is 0.673. The predicted molar refractivity (Wildman–Crippen MR) is 78.8 cm³/mol. The Morgan fingerprint density at radius 3 is 2.59 bits per heavy atom. The van der Waals surface area contributed by atoms with Gasteiger partial charge < -0.3 is 19.9 Å². The molecule has 120 valence electrons. The van der Waals surface area contributed by atoms with Crippen LogP contribution in [0.4, 0.5) is 4.79 Å². The Kier molecular flexibility index (Phi) is 4.56. The molecule has 1 atom stereocenters. The Labute approximate surface area is 128 Å². The van der Waals surface area contributed by atoms with Gasteiger partial charge in [-0.1, -0.05) is 0 Å². The molecule has 7 heteroatoms. The van der Waals surface area contributed by atoms with Crippen molar-refractivity contribution in [1.82, 2.24) is 10.2 Å². The molecule has 7 nitrogen and oxygen atoms in total. The molecule has 22 heavy (non-hydrogen) atoms. The van der Waals surface area contributed by atoms with Gasteiger partial charge in [0.2, 0.25) is 0 Å². The first-order valence-electron chi connectivity index (χ1n) is 6.95. The monoisotopic (exact) mass is 308 g/mol. The molecule has 0 saturated carbocycles. The summed E-state index contributed by atoms with van der Waals surface area (Å²) in [5.41, 5.74) is -0.703. The molecule has 0 spiro atoms. The van der Waals surface area contributed by atoms with Crippen molar-refractivity contribution in [2.75, 3.05) is 27.4 Å². The number of carbonyl (C=O) groups is 2. The minimum Gasteiger partial charge on any atom is -0.497 e.